The van der Waals surface area contributed by atoms with E-state index >= 15 is 0 Å². The zero-order valence-corrected chi connectivity index (χ0v) is 8.66. The summed E-state index contributed by atoms with van der Waals surface area (Å²) >= 11 is 0. The molecule has 2 nitrogen and oxygen atoms in total. The van der Waals surface area contributed by atoms with Gasteiger partial charge in [0.05, 0.1) is 6.10 Å². The van der Waals surface area contributed by atoms with Crippen LogP contribution in [0.25, 0.3) is 0 Å². The van der Waals surface area contributed by atoms with Crippen LogP contribution in [0.3, 0.4) is 0 Å². The summed E-state index contributed by atoms with van der Waals surface area (Å²) < 4.78 is 0. The molecule has 0 aliphatic heterocycles. The van der Waals surface area contributed by atoms with Gasteiger partial charge in [-0.05, 0) is 26.2 Å². The van der Waals surface area contributed by atoms with Crippen molar-refractivity contribution in [2.45, 2.75) is 51.7 Å². The lowest BCUT2D eigenvalue weighted by atomic mass is 9.83. The number of rotatable bonds is 3. The smallest absolute Gasteiger partial charge is 0.0602 e. The number of hydrogen-bond acceptors (Lipinski definition) is 2. The molecule has 3 atom stereocenters. The molecule has 1 aliphatic carbocycles. The average molecular weight is 183 g/mol. The number of hydrogen-bond donors (Lipinski definition) is 2. The Labute approximate surface area is 80.8 Å². The van der Waals surface area contributed by atoms with Crippen LogP contribution in [0.4, 0.5) is 0 Å². The molecule has 2 heteroatoms. The van der Waals surface area contributed by atoms with Gasteiger partial charge in [-0.3, -0.25) is 0 Å². The summed E-state index contributed by atoms with van der Waals surface area (Å²) in [7, 11) is 0. The maximum atomic E-state index is 9.79. The fraction of sp³-hybridized carbons (Fsp3) is 0.818. The van der Waals surface area contributed by atoms with Crippen molar-refractivity contribution >= 4 is 0 Å². The highest BCUT2D eigenvalue weighted by atomic mass is 16.3. The Kier molecular flexibility index (Phi) is 3.94. The fourth-order valence-electron chi connectivity index (χ4n) is 1.96. The van der Waals surface area contributed by atoms with Crippen LogP contribution < -0.4 is 5.73 Å². The minimum absolute atomic E-state index is 0.160. The summed E-state index contributed by atoms with van der Waals surface area (Å²) in [5, 5.41) is 9.79. The van der Waals surface area contributed by atoms with Gasteiger partial charge in [0, 0.05) is 12.0 Å². The number of aliphatic hydroxyl groups excluding tert-OH is 1. The molecule has 0 spiro atoms. The second kappa shape index (κ2) is 4.77. The zero-order chi connectivity index (χ0) is 9.84. The van der Waals surface area contributed by atoms with Crippen molar-refractivity contribution in [1.29, 1.82) is 0 Å². The van der Waals surface area contributed by atoms with Crippen LogP contribution in [0, 0.1) is 5.92 Å². The average Bonchev–Trinajstić information content (AvgIpc) is 2.10. The normalized spacial score (nSPS) is 31.2. The van der Waals surface area contributed by atoms with E-state index in [9.17, 15) is 5.11 Å². The summed E-state index contributed by atoms with van der Waals surface area (Å²) in [6, 6.07) is 0.227. The van der Waals surface area contributed by atoms with Gasteiger partial charge in [0.15, 0.2) is 0 Å². The maximum absolute atomic E-state index is 9.79. The van der Waals surface area contributed by atoms with Crippen molar-refractivity contribution in [3.63, 3.8) is 0 Å². The Morgan fingerprint density at radius 1 is 1.62 bits per heavy atom. The van der Waals surface area contributed by atoms with E-state index in [0.29, 0.717) is 5.92 Å². The van der Waals surface area contributed by atoms with Crippen molar-refractivity contribution in [3.05, 3.63) is 11.6 Å². The molecule has 3 N–H and O–H groups in total. The molecule has 0 aromatic rings. The topological polar surface area (TPSA) is 46.2 Å². The Bertz CT molecular complexity index is 189. The van der Waals surface area contributed by atoms with E-state index in [1.165, 1.54) is 5.57 Å². The molecule has 0 saturated carbocycles. The first-order chi connectivity index (χ1) is 6.15. The molecule has 1 aliphatic rings. The molecule has 0 heterocycles. The van der Waals surface area contributed by atoms with Crippen LogP contribution in [-0.2, 0) is 0 Å². The first kappa shape index (κ1) is 10.7. The molecular formula is C11H21NO. The molecule has 0 amide bonds. The summed E-state index contributed by atoms with van der Waals surface area (Å²) in [6.07, 6.45) is 6.02. The minimum Gasteiger partial charge on any atom is -0.393 e. The van der Waals surface area contributed by atoms with Crippen LogP contribution >= 0.6 is 0 Å². The van der Waals surface area contributed by atoms with Gasteiger partial charge in [-0.2, -0.15) is 0 Å². The van der Waals surface area contributed by atoms with Gasteiger partial charge in [-0.15, -0.1) is 0 Å². The van der Waals surface area contributed by atoms with Crippen LogP contribution in [0.5, 0.6) is 0 Å². The molecule has 0 radical (unpaired) electrons. The highest BCUT2D eigenvalue weighted by Gasteiger charge is 2.22. The quantitative estimate of drug-likeness (QED) is 0.656. The number of aliphatic hydroxyl groups is 1. The first-order valence-corrected chi connectivity index (χ1v) is 5.27. The summed E-state index contributed by atoms with van der Waals surface area (Å²) in [4.78, 5) is 0. The van der Waals surface area contributed by atoms with Crippen molar-refractivity contribution in [2.24, 2.45) is 11.7 Å². The second-order valence-electron chi connectivity index (χ2n) is 4.11. The van der Waals surface area contributed by atoms with E-state index in [-0.39, 0.29) is 12.1 Å². The summed E-state index contributed by atoms with van der Waals surface area (Å²) in [6.45, 7) is 4.17. The van der Waals surface area contributed by atoms with Crippen LogP contribution in [0.1, 0.15) is 39.5 Å². The summed E-state index contributed by atoms with van der Waals surface area (Å²) in [5.74, 6) is 0.347. The molecule has 0 saturated heterocycles. The predicted octanol–water partition coefficient (Wildman–Crippen LogP) is 1.83. The van der Waals surface area contributed by atoms with E-state index in [2.05, 4.69) is 19.9 Å². The van der Waals surface area contributed by atoms with Gasteiger partial charge in [0.2, 0.25) is 0 Å². The Hall–Kier alpha value is -0.340. The van der Waals surface area contributed by atoms with E-state index in [0.717, 1.165) is 25.7 Å². The number of nitrogens with two attached hydrogens (primary N) is 1. The van der Waals surface area contributed by atoms with Gasteiger partial charge in [0.25, 0.3) is 0 Å². The fourth-order valence-corrected chi connectivity index (χ4v) is 1.96. The Balaban J connectivity index is 2.53. The van der Waals surface area contributed by atoms with Crippen molar-refractivity contribution < 1.29 is 5.11 Å². The van der Waals surface area contributed by atoms with E-state index in [1.54, 1.807) is 0 Å². The molecule has 0 aromatic carbocycles. The molecule has 3 unspecified atom stereocenters. The Morgan fingerprint density at radius 3 is 2.85 bits per heavy atom. The van der Waals surface area contributed by atoms with E-state index < -0.39 is 0 Å². The lowest BCUT2D eigenvalue weighted by Gasteiger charge is -2.27. The molecule has 0 bridgehead atoms. The molecular weight excluding hydrogens is 162 g/mol. The van der Waals surface area contributed by atoms with Crippen LogP contribution in [0.2, 0.25) is 0 Å². The monoisotopic (exact) mass is 183 g/mol. The first-order valence-electron chi connectivity index (χ1n) is 5.27. The summed E-state index contributed by atoms with van der Waals surface area (Å²) in [5.41, 5.74) is 7.11. The molecule has 13 heavy (non-hydrogen) atoms. The Morgan fingerprint density at radius 2 is 2.31 bits per heavy atom. The highest BCUT2D eigenvalue weighted by molar-refractivity contribution is 5.13. The van der Waals surface area contributed by atoms with Crippen molar-refractivity contribution in [3.8, 4) is 0 Å². The van der Waals surface area contributed by atoms with Crippen molar-refractivity contribution in [2.75, 3.05) is 0 Å². The van der Waals surface area contributed by atoms with Gasteiger partial charge in [-0.25, -0.2) is 0 Å². The molecule has 0 aromatic heterocycles. The second-order valence-corrected chi connectivity index (χ2v) is 4.11. The molecule has 0 fully saturated rings. The van der Waals surface area contributed by atoms with Crippen LogP contribution in [0.15, 0.2) is 11.6 Å². The molecule has 1 rings (SSSR count). The lowest BCUT2D eigenvalue weighted by Crippen LogP contribution is -2.30. The van der Waals surface area contributed by atoms with Gasteiger partial charge in [0.1, 0.15) is 0 Å². The van der Waals surface area contributed by atoms with Gasteiger partial charge in [-0.1, -0.05) is 25.0 Å². The molecule has 76 valence electrons. The van der Waals surface area contributed by atoms with E-state index in [1.807, 2.05) is 0 Å². The largest absolute Gasteiger partial charge is 0.393 e. The van der Waals surface area contributed by atoms with Gasteiger partial charge >= 0.3 is 0 Å². The van der Waals surface area contributed by atoms with E-state index in [4.69, 9.17) is 5.73 Å². The maximum Gasteiger partial charge on any atom is 0.0602 e. The van der Waals surface area contributed by atoms with Gasteiger partial charge < -0.3 is 10.8 Å². The van der Waals surface area contributed by atoms with Crippen molar-refractivity contribution in [1.82, 2.24) is 0 Å². The minimum atomic E-state index is -0.160. The third kappa shape index (κ3) is 2.82. The standard InChI is InChI=1S/C11H21NO/c1-3-4-11(13)9-5-6-10(12)8(2)7-9/h7,9-11,13H,3-6,12H2,1-2H3. The third-order valence-corrected chi connectivity index (χ3v) is 2.95. The lowest BCUT2D eigenvalue weighted by molar-refractivity contribution is 0.110. The third-order valence-electron chi connectivity index (χ3n) is 2.95. The van der Waals surface area contributed by atoms with Crippen LogP contribution in [-0.4, -0.2) is 17.3 Å². The SMILES string of the molecule is CCCC(O)C1C=C(C)C(N)CC1. The zero-order valence-electron chi connectivity index (χ0n) is 8.66. The predicted molar refractivity (Wildman–Crippen MR) is 55.4 cm³/mol. The highest BCUT2D eigenvalue weighted by Crippen LogP contribution is 2.26.